The van der Waals surface area contributed by atoms with Crippen molar-refractivity contribution in [3.05, 3.63) is 48.5 Å². The lowest BCUT2D eigenvalue weighted by molar-refractivity contribution is -0.132. The summed E-state index contributed by atoms with van der Waals surface area (Å²) in [6.07, 6.45) is 1.45. The minimum Gasteiger partial charge on any atom is -0.487 e. The van der Waals surface area contributed by atoms with Crippen LogP contribution in [-0.2, 0) is 14.8 Å². The number of likely N-dealkylation sites (N-methyl/N-ethyl adjacent to an activating group) is 1. The Hall–Kier alpha value is -2.42. The van der Waals surface area contributed by atoms with Crippen LogP contribution in [0.25, 0.3) is 11.1 Å². The number of aliphatic hydroxyl groups excluding tert-OH is 1. The van der Waals surface area contributed by atoms with Gasteiger partial charge in [0, 0.05) is 31.5 Å². The number of carbonyl (C=O) groups excluding carboxylic acids is 1. The number of carbonyl (C=O) groups is 1. The molecule has 4 rings (SSSR count). The number of nitrogens with zero attached hydrogens (tertiary/aromatic N) is 2. The molecule has 2 aromatic rings. The molecule has 0 radical (unpaired) electrons. The van der Waals surface area contributed by atoms with Crippen molar-refractivity contribution in [1.82, 2.24) is 9.21 Å². The Balaban J connectivity index is 1.76. The van der Waals surface area contributed by atoms with E-state index in [2.05, 4.69) is 0 Å². The molecular weight excluding hydrogens is 440 g/mol. The first-order valence-electron chi connectivity index (χ1n) is 11.5. The predicted octanol–water partition coefficient (Wildman–Crippen LogP) is 2.99. The zero-order chi connectivity index (χ0) is 23.8. The van der Waals surface area contributed by atoms with Crippen molar-refractivity contribution >= 4 is 15.9 Å². The molecule has 1 amide bonds. The van der Waals surface area contributed by atoms with Crippen LogP contribution in [0, 0.1) is 11.8 Å². The number of hydrogen-bond donors (Lipinski definition) is 1. The minimum atomic E-state index is -3.89. The highest BCUT2D eigenvalue weighted by atomic mass is 32.2. The molecule has 2 aromatic carbocycles. The third kappa shape index (κ3) is 4.93. The summed E-state index contributed by atoms with van der Waals surface area (Å²) in [7, 11) is -2.11. The molecule has 1 saturated carbocycles. The van der Waals surface area contributed by atoms with Gasteiger partial charge < -0.3 is 14.7 Å². The molecule has 1 N–H and O–H groups in total. The standard InChI is InChI=1S/C25H32N2O5S/c1-17-14-27(18(2)16-28)33(30,31)24-12-11-21(19-7-5-4-6-8-19)13-22(24)32-23(17)15-26(3)25(29)20-9-10-20/h4-8,11-13,17-18,20,23,28H,9-10,14-16H2,1-3H3/t17-,18+,23+/m0/s1. The molecular formula is C25H32N2O5S. The Morgan fingerprint density at radius 2 is 1.88 bits per heavy atom. The van der Waals surface area contributed by atoms with Crippen molar-refractivity contribution in [1.29, 1.82) is 0 Å². The van der Waals surface area contributed by atoms with Crippen LogP contribution in [0.1, 0.15) is 26.7 Å². The van der Waals surface area contributed by atoms with Crippen molar-refractivity contribution in [2.24, 2.45) is 11.8 Å². The number of sulfonamides is 1. The maximum Gasteiger partial charge on any atom is 0.247 e. The van der Waals surface area contributed by atoms with E-state index >= 15 is 0 Å². The summed E-state index contributed by atoms with van der Waals surface area (Å²) in [6, 6.07) is 14.2. The Morgan fingerprint density at radius 1 is 1.18 bits per heavy atom. The highest BCUT2D eigenvalue weighted by Gasteiger charge is 2.39. The fourth-order valence-electron chi connectivity index (χ4n) is 4.26. The second-order valence-electron chi connectivity index (χ2n) is 9.26. The first-order valence-corrected chi connectivity index (χ1v) is 12.9. The molecule has 7 nitrogen and oxygen atoms in total. The van der Waals surface area contributed by atoms with Gasteiger partial charge in [-0.2, -0.15) is 4.31 Å². The zero-order valence-corrected chi connectivity index (χ0v) is 20.2. The first-order chi connectivity index (χ1) is 15.7. The van der Waals surface area contributed by atoms with Crippen LogP contribution in [0.4, 0.5) is 0 Å². The zero-order valence-electron chi connectivity index (χ0n) is 19.3. The van der Waals surface area contributed by atoms with Crippen molar-refractivity contribution in [2.75, 3.05) is 26.7 Å². The summed E-state index contributed by atoms with van der Waals surface area (Å²) in [5.74, 6) is 0.286. The second kappa shape index (κ2) is 9.44. The van der Waals surface area contributed by atoms with Gasteiger partial charge in [0.25, 0.3) is 0 Å². The lowest BCUT2D eigenvalue weighted by Gasteiger charge is -2.37. The van der Waals surface area contributed by atoms with Crippen LogP contribution in [-0.4, -0.2) is 67.5 Å². The van der Waals surface area contributed by atoms with E-state index in [4.69, 9.17) is 4.74 Å². The third-order valence-corrected chi connectivity index (χ3v) is 8.55. The molecule has 178 valence electrons. The summed E-state index contributed by atoms with van der Waals surface area (Å²) >= 11 is 0. The summed E-state index contributed by atoms with van der Waals surface area (Å²) in [4.78, 5) is 14.4. The Labute approximate surface area is 196 Å². The molecule has 2 aliphatic rings. The molecule has 0 saturated heterocycles. The Bertz CT molecular complexity index is 1100. The molecule has 1 heterocycles. The Kier molecular flexibility index (Phi) is 6.79. The average molecular weight is 473 g/mol. The van der Waals surface area contributed by atoms with Crippen LogP contribution >= 0.6 is 0 Å². The maximum atomic E-state index is 13.6. The highest BCUT2D eigenvalue weighted by Crippen LogP contribution is 2.37. The molecule has 33 heavy (non-hydrogen) atoms. The molecule has 1 aliphatic carbocycles. The monoisotopic (exact) mass is 472 g/mol. The predicted molar refractivity (Wildman–Crippen MR) is 126 cm³/mol. The first kappa shape index (κ1) is 23.7. The van der Waals surface area contributed by atoms with Crippen LogP contribution in [0.5, 0.6) is 5.75 Å². The minimum absolute atomic E-state index is 0.0792. The van der Waals surface area contributed by atoms with Gasteiger partial charge in [-0.1, -0.05) is 43.3 Å². The normalized spacial score (nSPS) is 23.5. The number of hydrogen-bond acceptors (Lipinski definition) is 5. The van der Waals surface area contributed by atoms with E-state index in [1.807, 2.05) is 37.3 Å². The molecule has 1 aliphatic heterocycles. The Morgan fingerprint density at radius 3 is 2.52 bits per heavy atom. The van der Waals surface area contributed by atoms with E-state index in [1.54, 1.807) is 37.1 Å². The molecule has 0 unspecified atom stereocenters. The molecule has 3 atom stereocenters. The van der Waals surface area contributed by atoms with Crippen LogP contribution in [0.3, 0.4) is 0 Å². The fraction of sp³-hybridized carbons (Fsp3) is 0.480. The van der Waals surface area contributed by atoms with Gasteiger partial charge in [-0.05, 0) is 43.0 Å². The van der Waals surface area contributed by atoms with Crippen LogP contribution in [0.2, 0.25) is 0 Å². The smallest absolute Gasteiger partial charge is 0.247 e. The van der Waals surface area contributed by atoms with Crippen LogP contribution < -0.4 is 4.74 Å². The van der Waals surface area contributed by atoms with Gasteiger partial charge in [-0.25, -0.2) is 8.42 Å². The number of benzene rings is 2. The van der Waals surface area contributed by atoms with Gasteiger partial charge in [0.05, 0.1) is 13.2 Å². The van der Waals surface area contributed by atoms with Crippen molar-refractivity contribution < 1.29 is 23.1 Å². The topological polar surface area (TPSA) is 87.2 Å². The average Bonchev–Trinajstić information content (AvgIpc) is 3.66. The number of aliphatic hydroxyl groups is 1. The van der Waals surface area contributed by atoms with Gasteiger partial charge >= 0.3 is 0 Å². The molecule has 1 fully saturated rings. The lowest BCUT2D eigenvalue weighted by atomic mass is 10.0. The van der Waals surface area contributed by atoms with E-state index in [0.29, 0.717) is 6.54 Å². The number of ether oxygens (including phenoxy) is 1. The van der Waals surface area contributed by atoms with Gasteiger partial charge in [-0.3, -0.25) is 4.79 Å². The highest BCUT2D eigenvalue weighted by molar-refractivity contribution is 7.89. The number of rotatable bonds is 6. The molecule has 0 bridgehead atoms. The van der Waals surface area contributed by atoms with Gasteiger partial charge in [0.15, 0.2) is 0 Å². The van der Waals surface area contributed by atoms with Gasteiger partial charge in [0.2, 0.25) is 15.9 Å². The quantitative estimate of drug-likeness (QED) is 0.699. The van der Waals surface area contributed by atoms with Crippen LogP contribution in [0.15, 0.2) is 53.4 Å². The SMILES string of the molecule is C[C@H](CO)N1C[C@H](C)[C@@H](CN(C)C(=O)C2CC2)Oc2cc(-c3ccccc3)ccc2S1(=O)=O. The van der Waals surface area contributed by atoms with Gasteiger partial charge in [-0.15, -0.1) is 0 Å². The van der Waals surface area contributed by atoms with Crippen molar-refractivity contribution in [2.45, 2.75) is 43.7 Å². The second-order valence-corrected chi connectivity index (χ2v) is 11.1. The molecule has 0 aromatic heterocycles. The third-order valence-electron chi connectivity index (χ3n) is 6.53. The van der Waals surface area contributed by atoms with Crippen molar-refractivity contribution in [3.63, 3.8) is 0 Å². The van der Waals surface area contributed by atoms with Crippen molar-refractivity contribution in [3.8, 4) is 16.9 Å². The van der Waals surface area contributed by atoms with Gasteiger partial charge in [0.1, 0.15) is 16.7 Å². The number of amides is 1. The van der Waals surface area contributed by atoms with E-state index in [9.17, 15) is 18.3 Å². The molecule has 8 heteroatoms. The summed E-state index contributed by atoms with van der Waals surface area (Å²) in [5.41, 5.74) is 1.80. The van der Waals surface area contributed by atoms with E-state index in [0.717, 1.165) is 24.0 Å². The van der Waals surface area contributed by atoms with E-state index < -0.39 is 22.2 Å². The summed E-state index contributed by atoms with van der Waals surface area (Å²) in [6.45, 7) is 3.91. The lowest BCUT2D eigenvalue weighted by Crippen LogP contribution is -2.50. The largest absolute Gasteiger partial charge is 0.487 e. The summed E-state index contributed by atoms with van der Waals surface area (Å²) in [5, 5.41) is 9.77. The summed E-state index contributed by atoms with van der Waals surface area (Å²) < 4.78 is 34.9. The maximum absolute atomic E-state index is 13.6. The van der Waals surface area contributed by atoms with E-state index in [1.165, 1.54) is 4.31 Å². The van der Waals surface area contributed by atoms with E-state index in [-0.39, 0.29) is 41.5 Å². The molecule has 0 spiro atoms. The number of fused-ring (bicyclic) bond motifs is 1. The fourth-order valence-corrected chi connectivity index (χ4v) is 6.08.